The average molecular weight is 302 g/mol. The summed E-state index contributed by atoms with van der Waals surface area (Å²) >= 11 is 8.77. The minimum Gasteiger partial charge on any atom is -0.477 e. The van der Waals surface area contributed by atoms with Gasteiger partial charge in [-0.3, -0.25) is 4.90 Å². The predicted octanol–water partition coefficient (Wildman–Crippen LogP) is 3.79. The van der Waals surface area contributed by atoms with Crippen LogP contribution in [0.1, 0.15) is 19.4 Å². The second kappa shape index (κ2) is 5.84. The third kappa shape index (κ3) is 3.55. The molecule has 18 heavy (non-hydrogen) atoms. The highest BCUT2D eigenvalue weighted by Crippen LogP contribution is 2.24. The molecule has 2 heterocycles. The van der Waals surface area contributed by atoms with E-state index in [0.717, 1.165) is 22.3 Å². The third-order valence-corrected chi connectivity index (χ3v) is 4.63. The summed E-state index contributed by atoms with van der Waals surface area (Å²) in [4.78, 5) is 15.6. The molecule has 2 rings (SSSR count). The standard InChI is InChI=1S/C12H12ClNO2S2/c1-14(7-9-3-5-11(13)18-9)6-8-2-4-10(17-8)12(15)16/h2-5H,6-7H2,1H3,(H,15,16). The van der Waals surface area contributed by atoms with Crippen LogP contribution in [0.25, 0.3) is 0 Å². The van der Waals surface area contributed by atoms with E-state index in [4.69, 9.17) is 16.7 Å². The third-order valence-electron chi connectivity index (χ3n) is 2.35. The maximum absolute atomic E-state index is 10.8. The smallest absolute Gasteiger partial charge is 0.345 e. The van der Waals surface area contributed by atoms with Crippen LogP contribution in [0.15, 0.2) is 24.3 Å². The molecule has 0 fully saturated rings. The summed E-state index contributed by atoms with van der Waals surface area (Å²) in [7, 11) is 2.01. The fourth-order valence-electron chi connectivity index (χ4n) is 1.60. The number of carbonyl (C=O) groups is 1. The normalized spacial score (nSPS) is 11.1. The molecule has 0 aromatic carbocycles. The summed E-state index contributed by atoms with van der Waals surface area (Å²) < 4.78 is 0.794. The number of aromatic carboxylic acids is 1. The lowest BCUT2D eigenvalue weighted by atomic mass is 10.4. The van der Waals surface area contributed by atoms with Gasteiger partial charge in [-0.1, -0.05) is 11.6 Å². The Hall–Kier alpha value is -0.880. The minimum absolute atomic E-state index is 0.387. The summed E-state index contributed by atoms with van der Waals surface area (Å²) in [6.45, 7) is 1.56. The minimum atomic E-state index is -0.862. The number of hydrogen-bond acceptors (Lipinski definition) is 4. The molecule has 0 aliphatic heterocycles. The second-order valence-electron chi connectivity index (χ2n) is 3.95. The zero-order valence-corrected chi connectivity index (χ0v) is 12.1. The van der Waals surface area contributed by atoms with Crippen LogP contribution in [0.4, 0.5) is 0 Å². The molecule has 0 radical (unpaired) electrons. The van der Waals surface area contributed by atoms with E-state index in [1.807, 2.05) is 25.2 Å². The van der Waals surface area contributed by atoms with Crippen molar-refractivity contribution in [2.75, 3.05) is 7.05 Å². The van der Waals surface area contributed by atoms with Gasteiger partial charge in [0.05, 0.1) is 4.34 Å². The molecule has 0 bridgehead atoms. The molecule has 0 saturated heterocycles. The predicted molar refractivity (Wildman–Crippen MR) is 75.8 cm³/mol. The Labute approximate surface area is 118 Å². The zero-order valence-electron chi connectivity index (χ0n) is 9.72. The maximum atomic E-state index is 10.8. The summed E-state index contributed by atoms with van der Waals surface area (Å²) in [5.74, 6) is -0.862. The molecule has 2 aromatic rings. The first-order valence-corrected chi connectivity index (χ1v) is 7.30. The number of nitrogens with zero attached hydrogens (tertiary/aromatic N) is 1. The van der Waals surface area contributed by atoms with Crippen LogP contribution in [0, 0.1) is 0 Å². The van der Waals surface area contributed by atoms with Crippen molar-refractivity contribution >= 4 is 40.2 Å². The van der Waals surface area contributed by atoms with Gasteiger partial charge in [0, 0.05) is 22.8 Å². The zero-order chi connectivity index (χ0) is 13.1. The highest BCUT2D eigenvalue weighted by Gasteiger charge is 2.09. The number of carboxylic acids is 1. The lowest BCUT2D eigenvalue weighted by Crippen LogP contribution is -2.15. The van der Waals surface area contributed by atoms with Gasteiger partial charge < -0.3 is 5.11 Å². The van der Waals surface area contributed by atoms with E-state index in [0.29, 0.717) is 4.88 Å². The number of rotatable bonds is 5. The van der Waals surface area contributed by atoms with Gasteiger partial charge in [-0.05, 0) is 31.3 Å². The topological polar surface area (TPSA) is 40.5 Å². The van der Waals surface area contributed by atoms with Gasteiger partial charge in [0.15, 0.2) is 0 Å². The van der Waals surface area contributed by atoms with Crippen LogP contribution in [0.2, 0.25) is 4.34 Å². The summed E-state index contributed by atoms with van der Waals surface area (Å²) in [6.07, 6.45) is 0. The van der Waals surface area contributed by atoms with Crippen molar-refractivity contribution in [2.24, 2.45) is 0 Å². The van der Waals surface area contributed by atoms with Gasteiger partial charge in [0.25, 0.3) is 0 Å². The fraction of sp³-hybridized carbons (Fsp3) is 0.250. The van der Waals surface area contributed by atoms with E-state index in [1.54, 1.807) is 17.4 Å². The SMILES string of the molecule is CN(Cc1ccc(Cl)s1)Cc1ccc(C(=O)O)s1. The Morgan fingerprint density at radius 3 is 2.33 bits per heavy atom. The van der Waals surface area contributed by atoms with Crippen molar-refractivity contribution in [3.8, 4) is 0 Å². The molecule has 0 aliphatic carbocycles. The van der Waals surface area contributed by atoms with E-state index in [1.165, 1.54) is 16.2 Å². The fourth-order valence-corrected chi connectivity index (χ4v) is 3.70. The first-order chi connectivity index (χ1) is 8.54. The van der Waals surface area contributed by atoms with Crippen LogP contribution in [0.5, 0.6) is 0 Å². The molecule has 1 N–H and O–H groups in total. The average Bonchev–Trinajstić information content (AvgIpc) is 2.88. The van der Waals surface area contributed by atoms with E-state index in [9.17, 15) is 4.79 Å². The van der Waals surface area contributed by atoms with Gasteiger partial charge in [-0.25, -0.2) is 4.79 Å². The van der Waals surface area contributed by atoms with Crippen molar-refractivity contribution in [3.63, 3.8) is 0 Å². The molecular formula is C12H12ClNO2S2. The molecule has 0 spiro atoms. The Morgan fingerprint density at radius 1 is 1.22 bits per heavy atom. The van der Waals surface area contributed by atoms with E-state index >= 15 is 0 Å². The Balaban J connectivity index is 1.94. The highest BCUT2D eigenvalue weighted by atomic mass is 35.5. The Morgan fingerprint density at radius 2 is 1.83 bits per heavy atom. The highest BCUT2D eigenvalue weighted by molar-refractivity contribution is 7.16. The monoisotopic (exact) mass is 301 g/mol. The first kappa shape index (κ1) is 13.5. The van der Waals surface area contributed by atoms with Gasteiger partial charge >= 0.3 is 5.97 Å². The van der Waals surface area contributed by atoms with Crippen molar-refractivity contribution in [1.29, 1.82) is 0 Å². The van der Waals surface area contributed by atoms with Gasteiger partial charge in [0.1, 0.15) is 4.88 Å². The molecule has 0 aliphatic rings. The molecule has 0 unspecified atom stereocenters. The van der Waals surface area contributed by atoms with Crippen LogP contribution >= 0.6 is 34.3 Å². The van der Waals surface area contributed by atoms with Crippen LogP contribution in [0.3, 0.4) is 0 Å². The van der Waals surface area contributed by atoms with Crippen molar-refractivity contribution < 1.29 is 9.90 Å². The summed E-state index contributed by atoms with van der Waals surface area (Å²) in [6, 6.07) is 7.42. The molecule has 3 nitrogen and oxygen atoms in total. The quantitative estimate of drug-likeness (QED) is 0.913. The summed E-state index contributed by atoms with van der Waals surface area (Å²) in [5.41, 5.74) is 0. The molecule has 2 aromatic heterocycles. The lowest BCUT2D eigenvalue weighted by molar-refractivity contribution is 0.0702. The van der Waals surface area contributed by atoms with Gasteiger partial charge in [-0.15, -0.1) is 22.7 Å². The number of carboxylic acid groups (broad SMARTS) is 1. The molecular weight excluding hydrogens is 290 g/mol. The number of hydrogen-bond donors (Lipinski definition) is 1. The van der Waals surface area contributed by atoms with E-state index in [2.05, 4.69) is 4.90 Å². The summed E-state index contributed by atoms with van der Waals surface area (Å²) in [5, 5.41) is 8.85. The molecule has 0 amide bonds. The van der Waals surface area contributed by atoms with Crippen molar-refractivity contribution in [2.45, 2.75) is 13.1 Å². The van der Waals surface area contributed by atoms with E-state index < -0.39 is 5.97 Å². The molecule has 0 saturated carbocycles. The molecule has 0 atom stereocenters. The Kier molecular flexibility index (Phi) is 4.40. The van der Waals surface area contributed by atoms with Gasteiger partial charge in [-0.2, -0.15) is 0 Å². The molecule has 96 valence electrons. The van der Waals surface area contributed by atoms with Crippen LogP contribution in [-0.4, -0.2) is 23.0 Å². The first-order valence-electron chi connectivity index (χ1n) is 5.29. The van der Waals surface area contributed by atoms with Crippen molar-refractivity contribution in [1.82, 2.24) is 4.90 Å². The van der Waals surface area contributed by atoms with Crippen LogP contribution < -0.4 is 0 Å². The molecule has 6 heteroatoms. The van der Waals surface area contributed by atoms with Crippen LogP contribution in [-0.2, 0) is 13.1 Å². The van der Waals surface area contributed by atoms with Crippen molar-refractivity contribution in [3.05, 3.63) is 43.2 Å². The second-order valence-corrected chi connectivity index (χ2v) is 6.92. The van der Waals surface area contributed by atoms with E-state index in [-0.39, 0.29) is 0 Å². The number of thiophene rings is 2. The lowest BCUT2D eigenvalue weighted by Gasteiger charge is -2.13. The Bertz CT molecular complexity index is 550. The maximum Gasteiger partial charge on any atom is 0.345 e. The van der Waals surface area contributed by atoms with Gasteiger partial charge in [0.2, 0.25) is 0 Å². The number of halogens is 1. The largest absolute Gasteiger partial charge is 0.477 e.